The number of fused-ring (bicyclic) bond motifs is 1. The van der Waals surface area contributed by atoms with Crippen LogP contribution < -0.4 is 10.6 Å². The number of carbonyl (C=O) groups excluding carboxylic acids is 1. The lowest BCUT2D eigenvalue weighted by atomic mass is 9.96. The Morgan fingerprint density at radius 2 is 1.88 bits per heavy atom. The molecule has 6 heteroatoms. The maximum Gasteiger partial charge on any atom is 0.251 e. The largest absolute Gasteiger partial charge is 0.385 e. The summed E-state index contributed by atoms with van der Waals surface area (Å²) in [4.78, 5) is 15.3. The quantitative estimate of drug-likeness (QED) is 0.856. The lowest BCUT2D eigenvalue weighted by molar-refractivity contribution is 0.0908. The Balaban J connectivity index is 0.00000104. The first-order valence-electron chi connectivity index (χ1n) is 8.72. The molecule has 2 heterocycles. The Labute approximate surface area is 156 Å². The van der Waals surface area contributed by atoms with Gasteiger partial charge in [-0.15, -0.1) is 24.8 Å². The van der Waals surface area contributed by atoms with Crippen LogP contribution in [0.3, 0.4) is 0 Å². The molecule has 4 nitrogen and oxygen atoms in total. The van der Waals surface area contributed by atoms with Crippen molar-refractivity contribution in [3.63, 3.8) is 0 Å². The van der Waals surface area contributed by atoms with Crippen LogP contribution in [0, 0.1) is 0 Å². The van der Waals surface area contributed by atoms with Crippen LogP contribution in [-0.4, -0.2) is 42.5 Å². The van der Waals surface area contributed by atoms with Gasteiger partial charge in [0.25, 0.3) is 5.91 Å². The Bertz CT molecular complexity index is 569. The number of amides is 1. The fraction of sp³-hybridized carbons (Fsp3) is 0.611. The third-order valence-corrected chi connectivity index (χ3v) is 5.27. The average Bonchev–Trinajstić information content (AvgIpc) is 3.40. The summed E-state index contributed by atoms with van der Waals surface area (Å²) in [7, 11) is 0. The predicted molar refractivity (Wildman–Crippen MR) is 103 cm³/mol. The first-order chi connectivity index (χ1) is 10.8. The molecule has 1 saturated heterocycles. The first-order valence-corrected chi connectivity index (χ1v) is 8.72. The minimum atomic E-state index is 0. The van der Waals surface area contributed by atoms with Crippen LogP contribution in [0.5, 0.6) is 0 Å². The molecule has 1 amide bonds. The van der Waals surface area contributed by atoms with Gasteiger partial charge in [-0.3, -0.25) is 4.79 Å². The van der Waals surface area contributed by atoms with Crippen LogP contribution in [0.4, 0.5) is 5.69 Å². The molecule has 1 saturated carbocycles. The topological polar surface area (TPSA) is 44.4 Å². The fourth-order valence-corrected chi connectivity index (χ4v) is 3.83. The minimum Gasteiger partial charge on any atom is -0.385 e. The minimum absolute atomic E-state index is 0. The fourth-order valence-electron chi connectivity index (χ4n) is 3.83. The second kappa shape index (κ2) is 8.41. The average molecular weight is 372 g/mol. The van der Waals surface area contributed by atoms with Gasteiger partial charge in [0.2, 0.25) is 0 Å². The number of nitrogens with zero attached hydrogens (tertiary/aromatic N) is 1. The van der Waals surface area contributed by atoms with E-state index in [2.05, 4.69) is 21.6 Å². The summed E-state index contributed by atoms with van der Waals surface area (Å²) in [5.41, 5.74) is 3.21. The number of rotatable bonds is 3. The number of hydrogen-bond donors (Lipinski definition) is 2. The number of anilines is 1. The highest BCUT2D eigenvalue weighted by atomic mass is 35.5. The van der Waals surface area contributed by atoms with E-state index < -0.39 is 0 Å². The van der Waals surface area contributed by atoms with Crippen molar-refractivity contribution in [3.8, 4) is 0 Å². The van der Waals surface area contributed by atoms with E-state index in [9.17, 15) is 4.79 Å². The summed E-state index contributed by atoms with van der Waals surface area (Å²) in [6, 6.07) is 7.24. The van der Waals surface area contributed by atoms with Crippen LogP contribution in [0.15, 0.2) is 18.2 Å². The molecule has 134 valence electrons. The maximum absolute atomic E-state index is 12.7. The van der Waals surface area contributed by atoms with Gasteiger partial charge in [0, 0.05) is 43.0 Å². The van der Waals surface area contributed by atoms with Crippen molar-refractivity contribution in [2.45, 2.75) is 50.6 Å². The third kappa shape index (κ3) is 4.16. The van der Waals surface area contributed by atoms with Gasteiger partial charge in [-0.25, -0.2) is 0 Å². The number of nitrogens with one attached hydrogen (secondary N) is 2. The van der Waals surface area contributed by atoms with Crippen molar-refractivity contribution in [2.75, 3.05) is 25.0 Å². The Hall–Kier alpha value is -0.970. The summed E-state index contributed by atoms with van der Waals surface area (Å²) in [6.45, 7) is 3.30. The van der Waals surface area contributed by atoms with Crippen LogP contribution in [-0.2, 0) is 6.42 Å². The molecule has 0 atom stereocenters. The second-order valence-corrected chi connectivity index (χ2v) is 6.88. The van der Waals surface area contributed by atoms with Crippen molar-refractivity contribution in [2.24, 2.45) is 0 Å². The molecule has 0 aromatic heterocycles. The van der Waals surface area contributed by atoms with Gasteiger partial charge >= 0.3 is 0 Å². The van der Waals surface area contributed by atoms with Crippen molar-refractivity contribution >= 4 is 36.4 Å². The summed E-state index contributed by atoms with van der Waals surface area (Å²) in [5, 5.41) is 6.67. The number of likely N-dealkylation sites (tertiary alicyclic amines) is 1. The molecule has 0 radical (unpaired) electrons. The van der Waals surface area contributed by atoms with E-state index in [-0.39, 0.29) is 30.7 Å². The van der Waals surface area contributed by atoms with Crippen LogP contribution in [0.1, 0.15) is 48.0 Å². The molecule has 1 aromatic carbocycles. The summed E-state index contributed by atoms with van der Waals surface area (Å²) >= 11 is 0. The van der Waals surface area contributed by atoms with Gasteiger partial charge in [-0.2, -0.15) is 0 Å². The zero-order valence-electron chi connectivity index (χ0n) is 13.9. The molecule has 4 rings (SSSR count). The van der Waals surface area contributed by atoms with E-state index in [1.807, 2.05) is 12.1 Å². The Morgan fingerprint density at radius 1 is 1.12 bits per heavy atom. The predicted octanol–water partition coefficient (Wildman–Crippen LogP) is 3.24. The first kappa shape index (κ1) is 19.4. The summed E-state index contributed by atoms with van der Waals surface area (Å²) < 4.78 is 0. The monoisotopic (exact) mass is 371 g/mol. The standard InChI is InChI=1S/C18H25N3O.2ClH/c22-18(16-3-1-5-17-15(16)4-2-10-19-17)20-13-8-11-21(12-9-13)14-6-7-14;;/h1,3,5,13-14,19H,2,4,6-12H2,(H,20,22);2*1H. The van der Waals surface area contributed by atoms with Crippen molar-refractivity contribution < 1.29 is 4.79 Å². The zero-order valence-corrected chi connectivity index (χ0v) is 15.6. The van der Waals surface area contributed by atoms with E-state index in [0.717, 1.165) is 62.6 Å². The molecular weight excluding hydrogens is 345 g/mol. The number of benzene rings is 1. The lowest BCUT2D eigenvalue weighted by Gasteiger charge is -2.32. The summed E-state index contributed by atoms with van der Waals surface area (Å²) in [6.07, 6.45) is 7.05. The number of halogens is 2. The van der Waals surface area contributed by atoms with Crippen LogP contribution in [0.25, 0.3) is 0 Å². The van der Waals surface area contributed by atoms with E-state index in [4.69, 9.17) is 0 Å². The van der Waals surface area contributed by atoms with E-state index in [1.165, 1.54) is 18.4 Å². The molecule has 2 aliphatic heterocycles. The maximum atomic E-state index is 12.7. The molecule has 2 fully saturated rings. The van der Waals surface area contributed by atoms with Gasteiger partial charge in [0.05, 0.1) is 0 Å². The van der Waals surface area contributed by atoms with Crippen molar-refractivity contribution in [1.29, 1.82) is 0 Å². The van der Waals surface area contributed by atoms with Gasteiger partial charge in [0.1, 0.15) is 0 Å². The Morgan fingerprint density at radius 3 is 2.58 bits per heavy atom. The SMILES string of the molecule is Cl.Cl.O=C(NC1CCN(C2CC2)CC1)c1cccc2c1CCCN2. The molecule has 1 aromatic rings. The molecule has 0 spiro atoms. The van der Waals surface area contributed by atoms with Crippen molar-refractivity contribution in [1.82, 2.24) is 10.2 Å². The number of piperidine rings is 1. The molecular formula is C18H27Cl2N3O. The van der Waals surface area contributed by atoms with Gasteiger partial charge < -0.3 is 15.5 Å². The summed E-state index contributed by atoms with van der Waals surface area (Å²) in [5.74, 6) is 0.116. The van der Waals surface area contributed by atoms with E-state index >= 15 is 0 Å². The highest BCUT2D eigenvalue weighted by Gasteiger charge is 2.32. The van der Waals surface area contributed by atoms with Gasteiger partial charge in [-0.1, -0.05) is 6.07 Å². The highest BCUT2D eigenvalue weighted by molar-refractivity contribution is 5.97. The molecule has 0 bridgehead atoms. The zero-order chi connectivity index (χ0) is 14.9. The number of carbonyl (C=O) groups is 1. The van der Waals surface area contributed by atoms with Crippen molar-refractivity contribution in [3.05, 3.63) is 29.3 Å². The van der Waals surface area contributed by atoms with Gasteiger partial charge in [-0.05, 0) is 56.2 Å². The molecule has 24 heavy (non-hydrogen) atoms. The normalized spacial score (nSPS) is 20.8. The molecule has 2 N–H and O–H groups in total. The Kier molecular flexibility index (Phi) is 6.79. The van der Waals surface area contributed by atoms with Crippen LogP contribution in [0.2, 0.25) is 0 Å². The molecule has 0 unspecified atom stereocenters. The second-order valence-electron chi connectivity index (χ2n) is 6.88. The third-order valence-electron chi connectivity index (χ3n) is 5.27. The van der Waals surface area contributed by atoms with E-state index in [0.29, 0.717) is 6.04 Å². The lowest BCUT2D eigenvalue weighted by Crippen LogP contribution is -2.45. The van der Waals surface area contributed by atoms with Gasteiger partial charge in [0.15, 0.2) is 0 Å². The number of hydrogen-bond acceptors (Lipinski definition) is 3. The van der Waals surface area contributed by atoms with E-state index in [1.54, 1.807) is 0 Å². The molecule has 1 aliphatic carbocycles. The highest BCUT2D eigenvalue weighted by Crippen LogP contribution is 2.29. The molecule has 3 aliphatic rings. The van der Waals surface area contributed by atoms with Crippen LogP contribution >= 0.6 is 24.8 Å². The smallest absolute Gasteiger partial charge is 0.251 e.